The molecule has 5 nitrogen and oxygen atoms in total. The first-order valence-electron chi connectivity index (χ1n) is 8.04. The number of benzene rings is 3. The van der Waals surface area contributed by atoms with Crippen molar-refractivity contribution in [3.05, 3.63) is 90.0 Å². The predicted molar refractivity (Wildman–Crippen MR) is 106 cm³/mol. The molecule has 0 saturated heterocycles. The van der Waals surface area contributed by atoms with Gasteiger partial charge in [0.15, 0.2) is 0 Å². The molecule has 0 aromatic heterocycles. The Kier molecular flexibility index (Phi) is 5.34. The molecule has 3 rings (SSSR count). The number of hydrazone groups is 1. The number of nitrogens with zero attached hydrogens (tertiary/aromatic N) is 1. The number of hydrogen-bond donors (Lipinski definition) is 2. The Hall–Kier alpha value is -3.12. The van der Waals surface area contributed by atoms with Gasteiger partial charge in [0.1, 0.15) is 0 Å². The van der Waals surface area contributed by atoms with Gasteiger partial charge in [-0.15, -0.1) is 0 Å². The number of anilines is 1. The summed E-state index contributed by atoms with van der Waals surface area (Å²) < 4.78 is 27.8. The maximum absolute atomic E-state index is 12.6. The largest absolute Gasteiger partial charge is 0.323 e. The second-order valence-corrected chi connectivity index (χ2v) is 7.52. The van der Waals surface area contributed by atoms with Gasteiger partial charge in [0.2, 0.25) is 10.0 Å². The third kappa shape index (κ3) is 4.49. The van der Waals surface area contributed by atoms with E-state index in [-0.39, 0.29) is 5.75 Å². The number of hydrogen-bond acceptors (Lipinski definition) is 4. The normalized spacial score (nSPS) is 11.5. The van der Waals surface area contributed by atoms with E-state index < -0.39 is 10.0 Å². The lowest BCUT2D eigenvalue weighted by molar-refractivity contribution is 0.600. The Bertz CT molecular complexity index is 1020. The van der Waals surface area contributed by atoms with E-state index in [1.54, 1.807) is 30.5 Å². The number of sulfonamides is 1. The van der Waals surface area contributed by atoms with Gasteiger partial charge in [0, 0.05) is 5.56 Å². The molecule has 0 amide bonds. The minimum atomic E-state index is -3.53. The Morgan fingerprint density at radius 2 is 1.65 bits per heavy atom. The van der Waals surface area contributed by atoms with Crippen LogP contribution in [0.2, 0.25) is 0 Å². The molecule has 3 aromatic rings. The predicted octanol–water partition coefficient (Wildman–Crippen LogP) is 3.59. The standard InChI is InChI=1S/C20H19N3O2S/c21-22-14-17-9-6-10-18(13-17)19-11-4-5-12-20(19)23-26(24,25)15-16-7-2-1-3-8-16/h1-14,23H,15,21H2. The van der Waals surface area contributed by atoms with Crippen LogP contribution in [-0.4, -0.2) is 14.6 Å². The fourth-order valence-corrected chi connectivity index (χ4v) is 3.91. The topological polar surface area (TPSA) is 84.5 Å². The molecule has 0 unspecified atom stereocenters. The molecule has 0 aliphatic heterocycles. The first kappa shape index (κ1) is 17.7. The summed E-state index contributed by atoms with van der Waals surface area (Å²) in [6.45, 7) is 0. The molecular weight excluding hydrogens is 346 g/mol. The number of para-hydroxylation sites is 1. The molecule has 0 radical (unpaired) electrons. The summed E-state index contributed by atoms with van der Waals surface area (Å²) in [6, 6.07) is 24.0. The summed E-state index contributed by atoms with van der Waals surface area (Å²) >= 11 is 0. The van der Waals surface area contributed by atoms with Crippen molar-refractivity contribution < 1.29 is 8.42 Å². The van der Waals surface area contributed by atoms with Gasteiger partial charge in [-0.1, -0.05) is 66.7 Å². The molecule has 6 heteroatoms. The van der Waals surface area contributed by atoms with E-state index in [0.717, 1.165) is 22.3 Å². The van der Waals surface area contributed by atoms with Crippen LogP contribution in [0.1, 0.15) is 11.1 Å². The Labute approximate surface area is 153 Å². The van der Waals surface area contributed by atoms with E-state index in [9.17, 15) is 8.42 Å². The molecule has 0 saturated carbocycles. The summed E-state index contributed by atoms with van der Waals surface area (Å²) in [5.74, 6) is 5.13. The van der Waals surface area contributed by atoms with Crippen molar-refractivity contribution in [2.24, 2.45) is 10.9 Å². The van der Waals surface area contributed by atoms with Crippen LogP contribution < -0.4 is 10.6 Å². The molecule has 0 aliphatic rings. The van der Waals surface area contributed by atoms with E-state index in [1.807, 2.05) is 54.6 Å². The van der Waals surface area contributed by atoms with Crippen molar-refractivity contribution in [1.82, 2.24) is 0 Å². The SMILES string of the molecule is NN=Cc1cccc(-c2ccccc2NS(=O)(=O)Cc2ccccc2)c1. The van der Waals surface area contributed by atoms with Crippen molar-refractivity contribution in [1.29, 1.82) is 0 Å². The van der Waals surface area contributed by atoms with Crippen molar-refractivity contribution in [2.75, 3.05) is 4.72 Å². The molecule has 0 bridgehead atoms. The monoisotopic (exact) mass is 365 g/mol. The van der Waals surface area contributed by atoms with Gasteiger partial charge in [-0.3, -0.25) is 4.72 Å². The highest BCUT2D eigenvalue weighted by Crippen LogP contribution is 2.29. The molecule has 0 aliphatic carbocycles. The average Bonchev–Trinajstić information content (AvgIpc) is 2.63. The maximum Gasteiger partial charge on any atom is 0.236 e. The molecule has 3 N–H and O–H groups in total. The zero-order chi connectivity index (χ0) is 18.4. The second kappa shape index (κ2) is 7.84. The average molecular weight is 365 g/mol. The van der Waals surface area contributed by atoms with E-state index in [1.165, 1.54) is 0 Å². The smallest absolute Gasteiger partial charge is 0.236 e. The van der Waals surface area contributed by atoms with Gasteiger partial charge in [-0.2, -0.15) is 5.10 Å². The van der Waals surface area contributed by atoms with E-state index in [0.29, 0.717) is 5.69 Å². The van der Waals surface area contributed by atoms with Crippen LogP contribution in [0, 0.1) is 0 Å². The highest BCUT2D eigenvalue weighted by Gasteiger charge is 2.14. The van der Waals surface area contributed by atoms with Gasteiger partial charge in [0.25, 0.3) is 0 Å². The Morgan fingerprint density at radius 1 is 0.923 bits per heavy atom. The minimum Gasteiger partial charge on any atom is -0.323 e. The first-order chi connectivity index (χ1) is 12.6. The summed E-state index contributed by atoms with van der Waals surface area (Å²) in [5.41, 5.74) is 3.77. The van der Waals surface area contributed by atoms with Crippen LogP contribution in [0.15, 0.2) is 84.0 Å². The molecule has 0 fully saturated rings. The minimum absolute atomic E-state index is 0.0813. The first-order valence-corrected chi connectivity index (χ1v) is 9.70. The third-order valence-electron chi connectivity index (χ3n) is 3.81. The van der Waals surface area contributed by atoms with Gasteiger partial charge >= 0.3 is 0 Å². The summed E-state index contributed by atoms with van der Waals surface area (Å²) in [7, 11) is -3.53. The van der Waals surface area contributed by atoms with Crippen LogP contribution in [0.3, 0.4) is 0 Å². The fourth-order valence-electron chi connectivity index (χ4n) is 2.69. The lowest BCUT2D eigenvalue weighted by Crippen LogP contribution is -2.15. The van der Waals surface area contributed by atoms with Crippen LogP contribution in [-0.2, 0) is 15.8 Å². The van der Waals surface area contributed by atoms with Crippen LogP contribution in [0.5, 0.6) is 0 Å². The molecule has 0 heterocycles. The molecule has 26 heavy (non-hydrogen) atoms. The molecule has 3 aromatic carbocycles. The van der Waals surface area contributed by atoms with Crippen molar-refractivity contribution in [3.63, 3.8) is 0 Å². The molecule has 0 atom stereocenters. The number of rotatable bonds is 6. The van der Waals surface area contributed by atoms with Crippen molar-refractivity contribution >= 4 is 21.9 Å². The van der Waals surface area contributed by atoms with Crippen LogP contribution >= 0.6 is 0 Å². The van der Waals surface area contributed by atoms with E-state index >= 15 is 0 Å². The second-order valence-electron chi connectivity index (χ2n) is 5.80. The maximum atomic E-state index is 12.6. The number of nitrogens with one attached hydrogen (secondary N) is 1. The Morgan fingerprint density at radius 3 is 2.42 bits per heavy atom. The van der Waals surface area contributed by atoms with Crippen molar-refractivity contribution in [3.8, 4) is 11.1 Å². The lowest BCUT2D eigenvalue weighted by Gasteiger charge is -2.13. The lowest BCUT2D eigenvalue weighted by atomic mass is 10.0. The zero-order valence-electron chi connectivity index (χ0n) is 14.0. The quantitative estimate of drug-likeness (QED) is 0.398. The van der Waals surface area contributed by atoms with Gasteiger partial charge in [-0.25, -0.2) is 8.42 Å². The van der Waals surface area contributed by atoms with Crippen molar-refractivity contribution in [2.45, 2.75) is 5.75 Å². The molecular formula is C20H19N3O2S. The summed E-state index contributed by atoms with van der Waals surface area (Å²) in [5, 5.41) is 3.53. The highest BCUT2D eigenvalue weighted by atomic mass is 32.2. The Balaban J connectivity index is 1.91. The fraction of sp³-hybridized carbons (Fsp3) is 0.0500. The molecule has 0 spiro atoms. The zero-order valence-corrected chi connectivity index (χ0v) is 14.9. The molecule has 132 valence electrons. The number of nitrogens with two attached hydrogens (primary N) is 1. The van der Waals surface area contributed by atoms with E-state index in [4.69, 9.17) is 5.84 Å². The summed E-state index contributed by atoms with van der Waals surface area (Å²) in [6.07, 6.45) is 1.55. The van der Waals surface area contributed by atoms with E-state index in [2.05, 4.69) is 9.82 Å². The van der Waals surface area contributed by atoms with Gasteiger partial charge < -0.3 is 5.84 Å². The van der Waals surface area contributed by atoms with Gasteiger partial charge in [-0.05, 0) is 28.8 Å². The third-order valence-corrected chi connectivity index (χ3v) is 5.06. The van der Waals surface area contributed by atoms with Crippen LogP contribution in [0.25, 0.3) is 11.1 Å². The summed E-state index contributed by atoms with van der Waals surface area (Å²) in [4.78, 5) is 0. The van der Waals surface area contributed by atoms with Gasteiger partial charge in [0.05, 0.1) is 17.7 Å². The highest BCUT2D eigenvalue weighted by molar-refractivity contribution is 7.91. The van der Waals surface area contributed by atoms with Crippen LogP contribution in [0.4, 0.5) is 5.69 Å².